The highest BCUT2D eigenvalue weighted by atomic mass is 16.8. The minimum atomic E-state index is -0.510. The molecule has 0 unspecified atom stereocenters. The first-order chi connectivity index (χ1) is 10.6. The average Bonchev–Trinajstić information content (AvgIpc) is 2.71. The molecular weight excluding hydrogens is 272 g/mol. The standard InChI is InChI=1S/C20H20O2/c1-19(2)21-18-16(12-8-11-15-9-4-3-5-10-15)17-13-6-7-14-20(17,18)22-19/h3-5,9-10,12-13,18H,6-7,14H2,1-2H3/b16-12+/t18-,20+/m0/s1. The van der Waals surface area contributed by atoms with Crippen molar-refractivity contribution in [3.05, 3.63) is 59.2 Å². The normalized spacial score (nSPS) is 33.1. The fourth-order valence-corrected chi connectivity index (χ4v) is 3.80. The molecule has 2 heteroatoms. The van der Waals surface area contributed by atoms with Gasteiger partial charge in [0.15, 0.2) is 5.79 Å². The Morgan fingerprint density at radius 2 is 2.05 bits per heavy atom. The molecule has 1 saturated carbocycles. The maximum absolute atomic E-state index is 6.25. The Balaban J connectivity index is 1.65. The summed E-state index contributed by atoms with van der Waals surface area (Å²) >= 11 is 0. The van der Waals surface area contributed by atoms with Gasteiger partial charge in [0, 0.05) is 5.56 Å². The lowest BCUT2D eigenvalue weighted by molar-refractivity contribution is -0.153. The molecule has 2 nitrogen and oxygen atoms in total. The van der Waals surface area contributed by atoms with Gasteiger partial charge in [0.1, 0.15) is 11.7 Å². The zero-order chi connectivity index (χ0) is 15.2. The van der Waals surface area contributed by atoms with Gasteiger partial charge in [-0.25, -0.2) is 0 Å². The van der Waals surface area contributed by atoms with E-state index in [1.807, 2.05) is 50.3 Å². The van der Waals surface area contributed by atoms with Crippen LogP contribution in [0.3, 0.4) is 0 Å². The summed E-state index contributed by atoms with van der Waals surface area (Å²) in [6.07, 6.45) is 7.70. The minimum Gasteiger partial charge on any atom is -0.339 e. The van der Waals surface area contributed by atoms with Gasteiger partial charge in [0.2, 0.25) is 0 Å². The largest absolute Gasteiger partial charge is 0.339 e. The van der Waals surface area contributed by atoms with Crippen LogP contribution in [0, 0.1) is 11.8 Å². The lowest BCUT2D eigenvalue weighted by atomic mass is 9.62. The molecule has 0 aromatic heterocycles. The summed E-state index contributed by atoms with van der Waals surface area (Å²) in [5, 5.41) is 0. The van der Waals surface area contributed by atoms with Crippen molar-refractivity contribution in [2.45, 2.75) is 50.6 Å². The molecule has 3 aliphatic rings. The SMILES string of the molecule is CC1(C)O[C@H]2/C(=C/C#Cc3ccccc3)C3=CCCC[C@@]32O1. The number of benzene rings is 1. The molecule has 4 rings (SSSR count). The molecule has 1 heterocycles. The maximum Gasteiger partial charge on any atom is 0.165 e. The quantitative estimate of drug-likeness (QED) is 0.673. The van der Waals surface area contributed by atoms with E-state index in [-0.39, 0.29) is 11.7 Å². The fraction of sp³-hybridized carbons (Fsp3) is 0.400. The van der Waals surface area contributed by atoms with Gasteiger partial charge in [-0.3, -0.25) is 0 Å². The Labute approximate surface area is 131 Å². The molecule has 1 spiro atoms. The summed E-state index contributed by atoms with van der Waals surface area (Å²) in [5.74, 6) is 5.86. The van der Waals surface area contributed by atoms with Gasteiger partial charge < -0.3 is 9.47 Å². The third-order valence-electron chi connectivity index (χ3n) is 4.62. The van der Waals surface area contributed by atoms with Gasteiger partial charge in [-0.05, 0) is 62.5 Å². The van der Waals surface area contributed by atoms with Crippen LogP contribution in [0.1, 0.15) is 38.7 Å². The van der Waals surface area contributed by atoms with Gasteiger partial charge in [0.25, 0.3) is 0 Å². The van der Waals surface area contributed by atoms with E-state index in [0.717, 1.165) is 18.4 Å². The van der Waals surface area contributed by atoms with Gasteiger partial charge >= 0.3 is 0 Å². The maximum atomic E-state index is 6.25. The van der Waals surface area contributed by atoms with Crippen molar-refractivity contribution in [2.24, 2.45) is 0 Å². The molecule has 112 valence electrons. The third kappa shape index (κ3) is 2.05. The van der Waals surface area contributed by atoms with Gasteiger partial charge in [-0.1, -0.05) is 36.1 Å². The average molecular weight is 292 g/mol. The van der Waals surface area contributed by atoms with Crippen LogP contribution in [-0.4, -0.2) is 17.5 Å². The summed E-state index contributed by atoms with van der Waals surface area (Å²) < 4.78 is 12.4. The Hall–Kier alpha value is -1.82. The molecule has 1 aromatic carbocycles. The van der Waals surface area contributed by atoms with Gasteiger partial charge in [-0.2, -0.15) is 0 Å². The number of hydrogen-bond donors (Lipinski definition) is 0. The molecule has 0 bridgehead atoms. The lowest BCUT2D eigenvalue weighted by Gasteiger charge is -2.48. The Morgan fingerprint density at radius 1 is 1.23 bits per heavy atom. The first-order valence-corrected chi connectivity index (χ1v) is 7.96. The van der Waals surface area contributed by atoms with Gasteiger partial charge in [0.05, 0.1) is 0 Å². The van der Waals surface area contributed by atoms with Crippen molar-refractivity contribution in [1.82, 2.24) is 0 Å². The van der Waals surface area contributed by atoms with Crippen LogP contribution in [0.15, 0.2) is 53.6 Å². The van der Waals surface area contributed by atoms with E-state index >= 15 is 0 Å². The van der Waals surface area contributed by atoms with Crippen molar-refractivity contribution < 1.29 is 9.47 Å². The second kappa shape index (κ2) is 4.84. The van der Waals surface area contributed by atoms with Crippen molar-refractivity contribution in [3.8, 4) is 11.8 Å². The van der Waals surface area contributed by atoms with E-state index in [9.17, 15) is 0 Å². The van der Waals surface area contributed by atoms with E-state index in [2.05, 4.69) is 17.9 Å². The molecule has 0 radical (unpaired) electrons. The predicted octanol–water partition coefficient (Wildman–Crippen LogP) is 3.98. The van der Waals surface area contributed by atoms with E-state index in [1.54, 1.807) is 0 Å². The first kappa shape index (κ1) is 13.8. The zero-order valence-electron chi connectivity index (χ0n) is 13.1. The molecule has 2 atom stereocenters. The van der Waals surface area contributed by atoms with Crippen LogP contribution in [0.25, 0.3) is 0 Å². The summed E-state index contributed by atoms with van der Waals surface area (Å²) in [7, 11) is 0. The molecular formula is C20H20O2. The third-order valence-corrected chi connectivity index (χ3v) is 4.62. The van der Waals surface area contributed by atoms with Crippen LogP contribution >= 0.6 is 0 Å². The van der Waals surface area contributed by atoms with Crippen LogP contribution in [0.4, 0.5) is 0 Å². The number of rotatable bonds is 0. The van der Waals surface area contributed by atoms with Crippen molar-refractivity contribution in [3.63, 3.8) is 0 Å². The van der Waals surface area contributed by atoms with E-state index in [4.69, 9.17) is 9.47 Å². The molecule has 1 saturated heterocycles. The summed E-state index contributed by atoms with van der Waals surface area (Å²) in [5.41, 5.74) is 3.33. The van der Waals surface area contributed by atoms with Crippen LogP contribution < -0.4 is 0 Å². The molecule has 0 amide bonds. The van der Waals surface area contributed by atoms with E-state index < -0.39 is 5.79 Å². The summed E-state index contributed by atoms with van der Waals surface area (Å²) in [4.78, 5) is 0. The van der Waals surface area contributed by atoms with Crippen LogP contribution in [-0.2, 0) is 9.47 Å². The molecule has 2 aliphatic carbocycles. The van der Waals surface area contributed by atoms with Crippen molar-refractivity contribution in [2.75, 3.05) is 0 Å². The second-order valence-corrected chi connectivity index (χ2v) is 6.63. The van der Waals surface area contributed by atoms with Crippen molar-refractivity contribution >= 4 is 0 Å². The Kier molecular flexibility index (Phi) is 3.04. The highest BCUT2D eigenvalue weighted by Crippen LogP contribution is 2.59. The molecule has 1 aromatic rings. The molecule has 0 N–H and O–H groups in total. The number of hydrogen-bond acceptors (Lipinski definition) is 2. The highest BCUT2D eigenvalue weighted by Gasteiger charge is 2.65. The van der Waals surface area contributed by atoms with E-state index in [0.29, 0.717) is 0 Å². The van der Waals surface area contributed by atoms with Crippen molar-refractivity contribution in [1.29, 1.82) is 0 Å². The fourth-order valence-electron chi connectivity index (χ4n) is 3.80. The monoisotopic (exact) mass is 292 g/mol. The summed E-state index contributed by atoms with van der Waals surface area (Å²) in [6.45, 7) is 4.00. The van der Waals surface area contributed by atoms with E-state index in [1.165, 1.54) is 17.6 Å². The zero-order valence-corrected chi connectivity index (χ0v) is 13.1. The topological polar surface area (TPSA) is 18.5 Å². The smallest absolute Gasteiger partial charge is 0.165 e. The number of allylic oxidation sites excluding steroid dienone is 2. The van der Waals surface area contributed by atoms with Crippen LogP contribution in [0.2, 0.25) is 0 Å². The minimum absolute atomic E-state index is 0.0409. The molecule has 22 heavy (non-hydrogen) atoms. The number of ether oxygens (including phenoxy) is 2. The second-order valence-electron chi connectivity index (χ2n) is 6.63. The molecule has 1 aliphatic heterocycles. The lowest BCUT2D eigenvalue weighted by Crippen LogP contribution is -2.55. The van der Waals surface area contributed by atoms with Gasteiger partial charge in [-0.15, -0.1) is 0 Å². The predicted molar refractivity (Wildman–Crippen MR) is 86.1 cm³/mol. The summed E-state index contributed by atoms with van der Waals surface area (Å²) in [6, 6.07) is 10.1. The first-order valence-electron chi connectivity index (χ1n) is 7.96. The Morgan fingerprint density at radius 3 is 2.86 bits per heavy atom. The highest BCUT2D eigenvalue weighted by molar-refractivity contribution is 5.59. The Bertz CT molecular complexity index is 715. The molecule has 2 fully saturated rings. The van der Waals surface area contributed by atoms with Crippen LogP contribution in [0.5, 0.6) is 0 Å².